The molecule has 1 N–H and O–H groups in total. The van der Waals surface area contributed by atoms with Gasteiger partial charge in [0.15, 0.2) is 0 Å². The van der Waals surface area contributed by atoms with Crippen LogP contribution in [-0.4, -0.2) is 40.7 Å². The molecule has 0 aliphatic carbocycles. The minimum absolute atomic E-state index is 0.103. The van der Waals surface area contributed by atoms with Gasteiger partial charge >= 0.3 is 10.2 Å². The average Bonchev–Trinajstić information content (AvgIpc) is 3.20. The third-order valence-electron chi connectivity index (χ3n) is 4.30. The van der Waals surface area contributed by atoms with Gasteiger partial charge in [0, 0.05) is 31.2 Å². The fourth-order valence-electron chi connectivity index (χ4n) is 2.85. The highest BCUT2D eigenvalue weighted by Crippen LogP contribution is 2.23. The minimum atomic E-state index is -3.72. The number of carbonyl (C=O) groups is 1. The van der Waals surface area contributed by atoms with Crippen molar-refractivity contribution in [2.24, 2.45) is 5.92 Å². The molecule has 0 spiro atoms. The van der Waals surface area contributed by atoms with Crippen molar-refractivity contribution in [2.45, 2.75) is 20.3 Å². The number of imidazole rings is 1. The molecule has 1 aromatic heterocycles. The van der Waals surface area contributed by atoms with Crippen molar-refractivity contribution in [3.63, 3.8) is 0 Å². The maximum absolute atomic E-state index is 13.3. The Kier molecular flexibility index (Phi) is 4.61. The summed E-state index contributed by atoms with van der Waals surface area (Å²) in [4.78, 5) is 16.3. The number of hydrogen-bond acceptors (Lipinski definition) is 4. The predicted molar refractivity (Wildman–Crippen MR) is 90.7 cm³/mol. The van der Waals surface area contributed by atoms with Gasteiger partial charge in [0.05, 0.1) is 5.92 Å². The lowest BCUT2D eigenvalue weighted by atomic mass is 10.1. The van der Waals surface area contributed by atoms with Crippen LogP contribution in [0.1, 0.15) is 17.8 Å². The SMILES string of the molecule is Cc1cc(NC(=O)C2CCN(S(=O)(=O)n3ccnc3C)C2)ccc1F. The van der Waals surface area contributed by atoms with Gasteiger partial charge in [0.1, 0.15) is 11.6 Å². The molecule has 7 nitrogen and oxygen atoms in total. The number of aryl methyl sites for hydroxylation is 2. The van der Waals surface area contributed by atoms with Crippen LogP contribution in [0, 0.1) is 25.6 Å². The molecule has 0 radical (unpaired) electrons. The third kappa shape index (κ3) is 3.42. The lowest BCUT2D eigenvalue weighted by Gasteiger charge is -2.17. The first-order valence-electron chi connectivity index (χ1n) is 7.86. The van der Waals surface area contributed by atoms with Crippen molar-refractivity contribution in [1.82, 2.24) is 13.3 Å². The first-order valence-corrected chi connectivity index (χ1v) is 9.26. The number of carbonyl (C=O) groups excluding carboxylic acids is 1. The van der Waals surface area contributed by atoms with Crippen LogP contribution in [0.25, 0.3) is 0 Å². The number of benzene rings is 1. The van der Waals surface area contributed by atoms with E-state index in [0.29, 0.717) is 23.5 Å². The van der Waals surface area contributed by atoms with Crippen molar-refractivity contribution in [3.05, 3.63) is 47.8 Å². The molecule has 1 unspecified atom stereocenters. The highest BCUT2D eigenvalue weighted by molar-refractivity contribution is 7.87. The van der Waals surface area contributed by atoms with E-state index in [4.69, 9.17) is 0 Å². The number of nitrogens with zero attached hydrogens (tertiary/aromatic N) is 3. The second-order valence-corrected chi connectivity index (χ2v) is 7.88. The summed E-state index contributed by atoms with van der Waals surface area (Å²) in [5.74, 6) is -0.698. The summed E-state index contributed by atoms with van der Waals surface area (Å²) in [6.07, 6.45) is 3.24. The predicted octanol–water partition coefficient (Wildman–Crippen LogP) is 1.69. The number of anilines is 1. The lowest BCUT2D eigenvalue weighted by molar-refractivity contribution is -0.119. The van der Waals surface area contributed by atoms with Crippen LogP contribution in [0.4, 0.5) is 10.1 Å². The molecule has 3 rings (SSSR count). The topological polar surface area (TPSA) is 84.3 Å². The number of hydrogen-bond donors (Lipinski definition) is 1. The maximum Gasteiger partial charge on any atom is 0.308 e. The molecule has 1 amide bonds. The fourth-order valence-corrected chi connectivity index (χ4v) is 4.40. The zero-order valence-electron chi connectivity index (χ0n) is 13.9. The summed E-state index contributed by atoms with van der Waals surface area (Å²) < 4.78 is 40.9. The summed E-state index contributed by atoms with van der Waals surface area (Å²) in [6, 6.07) is 4.32. The fraction of sp³-hybridized carbons (Fsp3) is 0.375. The molecule has 1 aromatic carbocycles. The van der Waals surface area contributed by atoms with Crippen LogP contribution in [-0.2, 0) is 15.0 Å². The Labute approximate surface area is 145 Å². The van der Waals surface area contributed by atoms with Gasteiger partial charge in [-0.2, -0.15) is 12.7 Å². The van der Waals surface area contributed by atoms with E-state index in [1.807, 2.05) is 0 Å². The van der Waals surface area contributed by atoms with Gasteiger partial charge in [-0.1, -0.05) is 0 Å². The highest BCUT2D eigenvalue weighted by Gasteiger charge is 2.36. The maximum atomic E-state index is 13.3. The minimum Gasteiger partial charge on any atom is -0.326 e. The highest BCUT2D eigenvalue weighted by atomic mass is 32.2. The number of rotatable bonds is 4. The normalized spacial score (nSPS) is 18.4. The Morgan fingerprint density at radius 3 is 2.76 bits per heavy atom. The molecule has 25 heavy (non-hydrogen) atoms. The van der Waals surface area contributed by atoms with Crippen molar-refractivity contribution >= 4 is 21.8 Å². The van der Waals surface area contributed by atoms with Crippen molar-refractivity contribution in [1.29, 1.82) is 0 Å². The smallest absolute Gasteiger partial charge is 0.308 e. The van der Waals surface area contributed by atoms with E-state index in [9.17, 15) is 17.6 Å². The standard InChI is InChI=1S/C16H19FN4O3S/c1-11-9-14(3-4-15(11)17)19-16(22)13-5-7-20(10-13)25(23,24)21-8-6-18-12(21)2/h3-4,6,8-9,13H,5,7,10H2,1-2H3,(H,19,22). The number of halogens is 1. The first-order chi connectivity index (χ1) is 11.8. The number of nitrogens with one attached hydrogen (secondary N) is 1. The Morgan fingerprint density at radius 2 is 2.12 bits per heavy atom. The number of aromatic nitrogens is 2. The van der Waals surface area contributed by atoms with Gasteiger partial charge in [-0.15, -0.1) is 0 Å². The zero-order chi connectivity index (χ0) is 18.2. The molecule has 1 aliphatic rings. The van der Waals surface area contributed by atoms with E-state index < -0.39 is 16.1 Å². The molecule has 9 heteroatoms. The molecule has 1 atom stereocenters. The van der Waals surface area contributed by atoms with Crippen LogP contribution in [0.5, 0.6) is 0 Å². The quantitative estimate of drug-likeness (QED) is 0.892. The summed E-state index contributed by atoms with van der Waals surface area (Å²) in [7, 11) is -3.72. The average molecular weight is 366 g/mol. The molecule has 0 bridgehead atoms. The van der Waals surface area contributed by atoms with Gasteiger partial charge in [0.2, 0.25) is 5.91 Å². The summed E-state index contributed by atoms with van der Waals surface area (Å²) in [5.41, 5.74) is 0.930. The first kappa shape index (κ1) is 17.6. The van der Waals surface area contributed by atoms with E-state index in [1.165, 1.54) is 28.8 Å². The monoisotopic (exact) mass is 366 g/mol. The van der Waals surface area contributed by atoms with Crippen molar-refractivity contribution < 1.29 is 17.6 Å². The van der Waals surface area contributed by atoms with Gasteiger partial charge in [-0.3, -0.25) is 4.79 Å². The van der Waals surface area contributed by atoms with E-state index in [2.05, 4.69) is 10.3 Å². The molecule has 2 aromatic rings. The Balaban J connectivity index is 1.69. The van der Waals surface area contributed by atoms with Crippen LogP contribution in [0.2, 0.25) is 0 Å². The van der Waals surface area contributed by atoms with E-state index in [0.717, 1.165) is 3.97 Å². The van der Waals surface area contributed by atoms with Gasteiger partial charge in [0.25, 0.3) is 0 Å². The third-order valence-corrected chi connectivity index (χ3v) is 6.17. The van der Waals surface area contributed by atoms with Gasteiger partial charge in [-0.25, -0.2) is 13.3 Å². The Hall–Kier alpha value is -2.26. The van der Waals surface area contributed by atoms with Crippen LogP contribution in [0.3, 0.4) is 0 Å². The van der Waals surface area contributed by atoms with Gasteiger partial charge < -0.3 is 5.32 Å². The second-order valence-electron chi connectivity index (χ2n) is 6.07. The molecule has 1 saturated heterocycles. The van der Waals surface area contributed by atoms with E-state index >= 15 is 0 Å². The Morgan fingerprint density at radius 1 is 1.36 bits per heavy atom. The molecular formula is C16H19FN4O3S. The van der Waals surface area contributed by atoms with E-state index in [1.54, 1.807) is 19.9 Å². The largest absolute Gasteiger partial charge is 0.326 e. The summed E-state index contributed by atoms with van der Waals surface area (Å²) in [6.45, 7) is 3.59. The van der Waals surface area contributed by atoms with Crippen LogP contribution < -0.4 is 5.32 Å². The van der Waals surface area contributed by atoms with Crippen molar-refractivity contribution in [2.75, 3.05) is 18.4 Å². The van der Waals surface area contributed by atoms with E-state index in [-0.39, 0.29) is 24.8 Å². The van der Waals surface area contributed by atoms with Crippen LogP contribution >= 0.6 is 0 Å². The molecule has 2 heterocycles. The van der Waals surface area contributed by atoms with Crippen molar-refractivity contribution in [3.8, 4) is 0 Å². The summed E-state index contributed by atoms with van der Waals surface area (Å²) >= 11 is 0. The van der Waals surface area contributed by atoms with Crippen LogP contribution in [0.15, 0.2) is 30.6 Å². The molecule has 1 fully saturated rings. The van der Waals surface area contributed by atoms with Gasteiger partial charge in [-0.05, 0) is 44.0 Å². The lowest BCUT2D eigenvalue weighted by Crippen LogP contribution is -2.35. The molecular weight excluding hydrogens is 347 g/mol. The second kappa shape index (κ2) is 6.57. The zero-order valence-corrected chi connectivity index (χ0v) is 14.8. The summed E-state index contributed by atoms with van der Waals surface area (Å²) in [5, 5.41) is 2.72. The molecule has 134 valence electrons. The Bertz CT molecular complexity index is 910. The number of amides is 1. The molecule has 1 aliphatic heterocycles. The molecule has 0 saturated carbocycles.